The van der Waals surface area contributed by atoms with Crippen LogP contribution in [0.25, 0.3) is 0 Å². The molecule has 3 heteroatoms. The van der Waals surface area contributed by atoms with E-state index in [0.717, 1.165) is 18.8 Å². The summed E-state index contributed by atoms with van der Waals surface area (Å²) in [6.45, 7) is 6.58. The second-order valence-corrected chi connectivity index (χ2v) is 4.40. The molecule has 1 unspecified atom stereocenters. The van der Waals surface area contributed by atoms with E-state index in [4.69, 9.17) is 10.5 Å². The molecule has 1 rings (SSSR count). The average Bonchev–Trinajstić information content (AvgIpc) is 2.20. The molecule has 0 aliphatic carbocycles. The lowest BCUT2D eigenvalue weighted by Gasteiger charge is -2.18. The SMILES string of the molecule is Cc1ccc(OCCN(C)CC(C)N)cc1. The van der Waals surface area contributed by atoms with Gasteiger partial charge in [0.25, 0.3) is 0 Å². The summed E-state index contributed by atoms with van der Waals surface area (Å²) in [4.78, 5) is 2.18. The number of hydrogen-bond acceptors (Lipinski definition) is 3. The second kappa shape index (κ2) is 6.51. The van der Waals surface area contributed by atoms with Gasteiger partial charge in [-0.3, -0.25) is 0 Å². The first-order valence-corrected chi connectivity index (χ1v) is 5.71. The maximum absolute atomic E-state index is 5.71. The first-order chi connectivity index (χ1) is 7.58. The molecule has 90 valence electrons. The van der Waals surface area contributed by atoms with Gasteiger partial charge in [0.05, 0.1) is 0 Å². The fraction of sp³-hybridized carbons (Fsp3) is 0.538. The highest BCUT2D eigenvalue weighted by molar-refractivity contribution is 5.26. The van der Waals surface area contributed by atoms with Crippen LogP contribution in [0, 0.1) is 6.92 Å². The van der Waals surface area contributed by atoms with Gasteiger partial charge in [0.2, 0.25) is 0 Å². The van der Waals surface area contributed by atoms with Gasteiger partial charge < -0.3 is 15.4 Å². The van der Waals surface area contributed by atoms with Crippen molar-refractivity contribution in [3.63, 3.8) is 0 Å². The summed E-state index contributed by atoms with van der Waals surface area (Å²) in [5.74, 6) is 0.930. The molecular weight excluding hydrogens is 200 g/mol. The minimum atomic E-state index is 0.212. The summed E-state index contributed by atoms with van der Waals surface area (Å²) in [5.41, 5.74) is 6.96. The van der Waals surface area contributed by atoms with Crippen molar-refractivity contribution in [2.75, 3.05) is 26.7 Å². The van der Waals surface area contributed by atoms with E-state index in [1.807, 2.05) is 19.1 Å². The van der Waals surface area contributed by atoms with Gasteiger partial charge in [0.15, 0.2) is 0 Å². The maximum Gasteiger partial charge on any atom is 0.119 e. The zero-order valence-electron chi connectivity index (χ0n) is 10.4. The molecule has 16 heavy (non-hydrogen) atoms. The van der Waals surface area contributed by atoms with Crippen LogP contribution in [0.3, 0.4) is 0 Å². The van der Waals surface area contributed by atoms with E-state index in [9.17, 15) is 0 Å². The third-order valence-corrected chi connectivity index (χ3v) is 2.36. The fourth-order valence-corrected chi connectivity index (χ4v) is 1.54. The lowest BCUT2D eigenvalue weighted by molar-refractivity contribution is 0.231. The molecule has 1 aromatic carbocycles. The average molecular weight is 222 g/mol. The molecule has 2 N–H and O–H groups in total. The number of nitrogens with two attached hydrogens (primary N) is 1. The van der Waals surface area contributed by atoms with Crippen molar-refractivity contribution in [3.05, 3.63) is 29.8 Å². The summed E-state index contributed by atoms with van der Waals surface area (Å²) in [7, 11) is 2.06. The maximum atomic E-state index is 5.71. The zero-order valence-corrected chi connectivity index (χ0v) is 10.4. The standard InChI is InChI=1S/C13H22N2O/c1-11-4-6-13(7-5-11)16-9-8-15(3)10-12(2)14/h4-7,12H,8-10,14H2,1-3H3. The smallest absolute Gasteiger partial charge is 0.119 e. The minimum absolute atomic E-state index is 0.212. The highest BCUT2D eigenvalue weighted by Gasteiger charge is 2.01. The molecule has 0 heterocycles. The van der Waals surface area contributed by atoms with Crippen LogP contribution in [-0.2, 0) is 0 Å². The predicted octanol–water partition coefficient (Wildman–Crippen LogP) is 1.65. The van der Waals surface area contributed by atoms with E-state index < -0.39 is 0 Å². The largest absolute Gasteiger partial charge is 0.492 e. The number of hydrogen-bond donors (Lipinski definition) is 1. The molecule has 0 saturated heterocycles. The predicted molar refractivity (Wildman–Crippen MR) is 67.8 cm³/mol. The highest BCUT2D eigenvalue weighted by atomic mass is 16.5. The summed E-state index contributed by atoms with van der Waals surface area (Å²) < 4.78 is 5.63. The van der Waals surface area contributed by atoms with Crippen molar-refractivity contribution in [1.29, 1.82) is 0 Å². The Balaban J connectivity index is 2.22. The topological polar surface area (TPSA) is 38.5 Å². The Kier molecular flexibility index (Phi) is 5.29. The number of rotatable bonds is 6. The normalized spacial score (nSPS) is 12.8. The molecule has 0 fully saturated rings. The molecular formula is C13H22N2O. The van der Waals surface area contributed by atoms with Crippen LogP contribution in [-0.4, -0.2) is 37.7 Å². The van der Waals surface area contributed by atoms with Gasteiger partial charge in [-0.25, -0.2) is 0 Å². The third-order valence-electron chi connectivity index (χ3n) is 2.36. The molecule has 1 atom stereocenters. The molecule has 0 radical (unpaired) electrons. The Morgan fingerprint density at radius 1 is 1.31 bits per heavy atom. The van der Waals surface area contributed by atoms with Crippen molar-refractivity contribution >= 4 is 0 Å². The molecule has 1 aromatic rings. The van der Waals surface area contributed by atoms with Crippen LogP contribution in [0.5, 0.6) is 5.75 Å². The quantitative estimate of drug-likeness (QED) is 0.795. The minimum Gasteiger partial charge on any atom is -0.492 e. The van der Waals surface area contributed by atoms with Crippen molar-refractivity contribution in [2.45, 2.75) is 19.9 Å². The van der Waals surface area contributed by atoms with Crippen molar-refractivity contribution in [3.8, 4) is 5.75 Å². The van der Waals surface area contributed by atoms with Gasteiger partial charge in [-0.1, -0.05) is 17.7 Å². The van der Waals surface area contributed by atoms with E-state index in [1.165, 1.54) is 5.56 Å². The molecule has 0 amide bonds. The van der Waals surface area contributed by atoms with Gasteiger partial charge in [0.1, 0.15) is 12.4 Å². The lowest BCUT2D eigenvalue weighted by atomic mass is 10.2. The summed E-state index contributed by atoms with van der Waals surface area (Å²) in [5, 5.41) is 0. The van der Waals surface area contributed by atoms with E-state index >= 15 is 0 Å². The van der Waals surface area contributed by atoms with Crippen molar-refractivity contribution in [2.24, 2.45) is 5.73 Å². The molecule has 0 aromatic heterocycles. The molecule has 0 saturated carbocycles. The van der Waals surface area contributed by atoms with E-state index in [1.54, 1.807) is 0 Å². The fourth-order valence-electron chi connectivity index (χ4n) is 1.54. The van der Waals surface area contributed by atoms with Gasteiger partial charge >= 0.3 is 0 Å². The zero-order chi connectivity index (χ0) is 12.0. The Hall–Kier alpha value is -1.06. The van der Waals surface area contributed by atoms with Crippen LogP contribution >= 0.6 is 0 Å². The summed E-state index contributed by atoms with van der Waals surface area (Å²) in [6, 6.07) is 8.33. The monoisotopic (exact) mass is 222 g/mol. The van der Waals surface area contributed by atoms with E-state index in [0.29, 0.717) is 6.61 Å². The van der Waals surface area contributed by atoms with Crippen LogP contribution < -0.4 is 10.5 Å². The second-order valence-electron chi connectivity index (χ2n) is 4.40. The summed E-state index contributed by atoms with van der Waals surface area (Å²) >= 11 is 0. The Labute approximate surface area is 98.2 Å². The van der Waals surface area contributed by atoms with Crippen LogP contribution in [0.2, 0.25) is 0 Å². The lowest BCUT2D eigenvalue weighted by Crippen LogP contribution is -2.35. The van der Waals surface area contributed by atoms with Gasteiger partial charge in [-0.05, 0) is 33.0 Å². The van der Waals surface area contributed by atoms with Crippen LogP contribution in [0.1, 0.15) is 12.5 Å². The first kappa shape index (κ1) is 13.0. The van der Waals surface area contributed by atoms with Crippen molar-refractivity contribution < 1.29 is 4.74 Å². The summed E-state index contributed by atoms with van der Waals surface area (Å²) in [6.07, 6.45) is 0. The highest BCUT2D eigenvalue weighted by Crippen LogP contribution is 2.10. The Bertz CT molecular complexity index is 295. The first-order valence-electron chi connectivity index (χ1n) is 5.71. The third kappa shape index (κ3) is 5.14. The van der Waals surface area contributed by atoms with Gasteiger partial charge in [0, 0.05) is 19.1 Å². The van der Waals surface area contributed by atoms with Gasteiger partial charge in [-0.15, -0.1) is 0 Å². The van der Waals surface area contributed by atoms with E-state index in [2.05, 4.69) is 31.0 Å². The van der Waals surface area contributed by atoms with Crippen molar-refractivity contribution in [1.82, 2.24) is 4.90 Å². The number of nitrogens with zero attached hydrogens (tertiary/aromatic N) is 1. The molecule has 0 bridgehead atoms. The number of aryl methyl sites for hydroxylation is 1. The molecule has 3 nitrogen and oxygen atoms in total. The van der Waals surface area contributed by atoms with Crippen LogP contribution in [0.15, 0.2) is 24.3 Å². The van der Waals surface area contributed by atoms with Crippen LogP contribution in [0.4, 0.5) is 0 Å². The van der Waals surface area contributed by atoms with Gasteiger partial charge in [-0.2, -0.15) is 0 Å². The Morgan fingerprint density at radius 3 is 2.50 bits per heavy atom. The number of benzene rings is 1. The molecule has 0 aliphatic heterocycles. The molecule has 0 aliphatic rings. The molecule has 0 spiro atoms. The number of ether oxygens (including phenoxy) is 1. The number of likely N-dealkylation sites (N-methyl/N-ethyl adjacent to an activating group) is 1. The Morgan fingerprint density at radius 2 is 1.94 bits per heavy atom. The van der Waals surface area contributed by atoms with E-state index in [-0.39, 0.29) is 6.04 Å².